The summed E-state index contributed by atoms with van der Waals surface area (Å²) < 4.78 is 16.4. The molecule has 1 aliphatic rings. The van der Waals surface area contributed by atoms with Gasteiger partial charge in [0.15, 0.2) is 0 Å². The molecule has 32 heavy (non-hydrogen) atoms. The van der Waals surface area contributed by atoms with Crippen LogP contribution in [0.4, 0.5) is 4.39 Å². The van der Waals surface area contributed by atoms with Crippen LogP contribution in [0, 0.1) is 19.7 Å². The van der Waals surface area contributed by atoms with Crippen molar-refractivity contribution in [1.29, 1.82) is 0 Å². The number of aromatic nitrogens is 4. The van der Waals surface area contributed by atoms with E-state index >= 15 is 0 Å². The van der Waals surface area contributed by atoms with E-state index in [-0.39, 0.29) is 11.4 Å². The topological polar surface area (TPSA) is 66.8 Å². The fourth-order valence-corrected chi connectivity index (χ4v) is 4.51. The number of hydrogen-bond donors (Lipinski definition) is 1. The summed E-state index contributed by atoms with van der Waals surface area (Å²) >= 11 is 0. The van der Waals surface area contributed by atoms with Gasteiger partial charge in [-0.2, -0.15) is 0 Å². The van der Waals surface area contributed by atoms with Gasteiger partial charge in [-0.05, 0) is 56.2 Å². The van der Waals surface area contributed by atoms with Crippen LogP contribution in [-0.4, -0.2) is 31.0 Å². The molecular formula is C25H24FN5O. The molecule has 0 amide bonds. The predicted molar refractivity (Wildman–Crippen MR) is 121 cm³/mol. The SMILES string of the molecule is Cc1cc(CN2CCc3c(nc(-c4ccncc4)[nH]c3=O)C2)c(C)n1-c1ccccc1F. The number of para-hydroxylation sites is 1. The van der Waals surface area contributed by atoms with Gasteiger partial charge in [-0.15, -0.1) is 0 Å². The van der Waals surface area contributed by atoms with E-state index in [2.05, 4.69) is 20.9 Å². The van der Waals surface area contributed by atoms with Gasteiger partial charge >= 0.3 is 0 Å². The van der Waals surface area contributed by atoms with Crippen LogP contribution in [0.5, 0.6) is 0 Å². The summed E-state index contributed by atoms with van der Waals surface area (Å²) in [4.78, 5) is 26.6. The van der Waals surface area contributed by atoms with Crippen molar-refractivity contribution in [2.75, 3.05) is 6.54 Å². The summed E-state index contributed by atoms with van der Waals surface area (Å²) in [6.45, 7) is 6.11. The van der Waals surface area contributed by atoms with E-state index < -0.39 is 0 Å². The number of halogens is 1. The Morgan fingerprint density at radius 2 is 1.91 bits per heavy atom. The minimum atomic E-state index is -0.236. The molecule has 4 heterocycles. The van der Waals surface area contributed by atoms with E-state index in [1.54, 1.807) is 24.5 Å². The normalized spacial score (nSPS) is 13.8. The number of aryl methyl sites for hydroxylation is 1. The smallest absolute Gasteiger partial charge is 0.254 e. The fourth-order valence-electron chi connectivity index (χ4n) is 4.51. The first kappa shape index (κ1) is 20.3. The molecule has 5 rings (SSSR count). The molecule has 0 spiro atoms. The number of H-pyrrole nitrogens is 1. The zero-order valence-electron chi connectivity index (χ0n) is 18.1. The van der Waals surface area contributed by atoms with Gasteiger partial charge in [0.05, 0.1) is 11.4 Å². The Hall–Kier alpha value is -3.58. The third-order valence-corrected chi connectivity index (χ3v) is 6.13. The minimum absolute atomic E-state index is 0.0702. The van der Waals surface area contributed by atoms with Gasteiger partial charge in [-0.3, -0.25) is 14.7 Å². The molecule has 0 aliphatic carbocycles. The van der Waals surface area contributed by atoms with Crippen LogP contribution in [0.2, 0.25) is 0 Å². The molecule has 4 aromatic rings. The third kappa shape index (κ3) is 3.65. The second kappa shape index (κ2) is 8.16. The summed E-state index contributed by atoms with van der Waals surface area (Å²) in [5.74, 6) is 0.329. The zero-order valence-corrected chi connectivity index (χ0v) is 18.1. The first-order valence-electron chi connectivity index (χ1n) is 10.7. The number of aromatic amines is 1. The van der Waals surface area contributed by atoms with Gasteiger partial charge in [-0.1, -0.05) is 12.1 Å². The van der Waals surface area contributed by atoms with Crippen LogP contribution < -0.4 is 5.56 Å². The standard InChI is InChI=1S/C25H24FN5O/c1-16-13-19(17(2)31(16)23-6-4-3-5-21(23)26)14-30-12-9-20-22(15-30)28-24(29-25(20)32)18-7-10-27-11-8-18/h3-8,10-11,13H,9,12,14-15H2,1-2H3,(H,28,29,32). The molecule has 0 fully saturated rings. The van der Waals surface area contributed by atoms with Crippen LogP contribution in [0.3, 0.4) is 0 Å². The highest BCUT2D eigenvalue weighted by Gasteiger charge is 2.23. The van der Waals surface area contributed by atoms with Crippen LogP contribution in [0.1, 0.15) is 28.2 Å². The van der Waals surface area contributed by atoms with E-state index in [0.717, 1.165) is 40.3 Å². The predicted octanol–water partition coefficient (Wildman–Crippen LogP) is 3.94. The maximum absolute atomic E-state index is 14.4. The number of pyridine rings is 1. The molecule has 6 nitrogen and oxygen atoms in total. The molecule has 1 N–H and O–H groups in total. The van der Waals surface area contributed by atoms with Crippen LogP contribution in [-0.2, 0) is 19.5 Å². The highest BCUT2D eigenvalue weighted by atomic mass is 19.1. The van der Waals surface area contributed by atoms with Crippen molar-refractivity contribution in [2.24, 2.45) is 0 Å². The molecule has 0 saturated heterocycles. The average molecular weight is 429 g/mol. The first-order valence-corrected chi connectivity index (χ1v) is 10.7. The number of rotatable bonds is 4. The van der Waals surface area contributed by atoms with Crippen molar-refractivity contribution in [3.63, 3.8) is 0 Å². The Balaban J connectivity index is 1.43. The summed E-state index contributed by atoms with van der Waals surface area (Å²) in [7, 11) is 0. The quantitative estimate of drug-likeness (QED) is 0.534. The van der Waals surface area contributed by atoms with E-state index in [9.17, 15) is 9.18 Å². The molecule has 7 heteroatoms. The fraction of sp³-hybridized carbons (Fsp3) is 0.240. The maximum Gasteiger partial charge on any atom is 0.254 e. The van der Waals surface area contributed by atoms with Gasteiger partial charge in [0, 0.05) is 54.5 Å². The Labute approximate surface area is 185 Å². The molecule has 1 aromatic carbocycles. The highest BCUT2D eigenvalue weighted by molar-refractivity contribution is 5.54. The lowest BCUT2D eigenvalue weighted by atomic mass is 10.1. The number of fused-ring (bicyclic) bond motifs is 1. The van der Waals surface area contributed by atoms with Crippen molar-refractivity contribution in [3.05, 3.63) is 99.2 Å². The number of benzene rings is 1. The highest BCUT2D eigenvalue weighted by Crippen LogP contribution is 2.26. The van der Waals surface area contributed by atoms with Gasteiger partial charge < -0.3 is 9.55 Å². The number of hydrogen-bond acceptors (Lipinski definition) is 4. The number of nitrogens with zero attached hydrogens (tertiary/aromatic N) is 4. The largest absolute Gasteiger partial charge is 0.315 e. The van der Waals surface area contributed by atoms with Crippen LogP contribution in [0.25, 0.3) is 17.1 Å². The van der Waals surface area contributed by atoms with Crippen molar-refractivity contribution >= 4 is 0 Å². The summed E-state index contributed by atoms with van der Waals surface area (Å²) in [5, 5.41) is 0. The van der Waals surface area contributed by atoms with Crippen molar-refractivity contribution in [3.8, 4) is 17.1 Å². The van der Waals surface area contributed by atoms with Gasteiger partial charge in [0.25, 0.3) is 5.56 Å². The molecular weight excluding hydrogens is 405 g/mol. The van der Waals surface area contributed by atoms with Crippen molar-refractivity contribution in [2.45, 2.75) is 33.4 Å². The Kier molecular flexibility index (Phi) is 5.19. The average Bonchev–Trinajstić information content (AvgIpc) is 3.07. The van der Waals surface area contributed by atoms with Crippen LogP contribution in [0.15, 0.2) is 59.7 Å². The Morgan fingerprint density at radius 1 is 1.12 bits per heavy atom. The lowest BCUT2D eigenvalue weighted by molar-refractivity contribution is 0.240. The number of nitrogens with one attached hydrogen (secondary N) is 1. The minimum Gasteiger partial charge on any atom is -0.315 e. The van der Waals surface area contributed by atoms with E-state index in [1.807, 2.05) is 36.6 Å². The molecule has 3 aromatic heterocycles. The maximum atomic E-state index is 14.4. The van der Waals surface area contributed by atoms with Gasteiger partial charge in [0.1, 0.15) is 11.6 Å². The van der Waals surface area contributed by atoms with E-state index in [4.69, 9.17) is 4.98 Å². The molecule has 0 radical (unpaired) electrons. The molecule has 0 unspecified atom stereocenters. The van der Waals surface area contributed by atoms with Crippen molar-refractivity contribution in [1.82, 2.24) is 24.4 Å². The second-order valence-electron chi connectivity index (χ2n) is 8.22. The third-order valence-electron chi connectivity index (χ3n) is 6.13. The second-order valence-corrected chi connectivity index (χ2v) is 8.22. The van der Waals surface area contributed by atoms with E-state index in [0.29, 0.717) is 31.0 Å². The lowest BCUT2D eigenvalue weighted by Gasteiger charge is -2.27. The summed E-state index contributed by atoms with van der Waals surface area (Å²) in [5.41, 5.74) is 6.07. The lowest BCUT2D eigenvalue weighted by Crippen LogP contribution is -2.35. The monoisotopic (exact) mass is 429 g/mol. The Bertz CT molecular complexity index is 1340. The molecule has 1 aliphatic heterocycles. The molecule has 0 bridgehead atoms. The molecule has 0 atom stereocenters. The first-order chi connectivity index (χ1) is 15.5. The van der Waals surface area contributed by atoms with Crippen molar-refractivity contribution < 1.29 is 4.39 Å². The van der Waals surface area contributed by atoms with Gasteiger partial charge in [0.2, 0.25) is 0 Å². The van der Waals surface area contributed by atoms with Gasteiger partial charge in [-0.25, -0.2) is 9.37 Å². The Morgan fingerprint density at radius 3 is 2.69 bits per heavy atom. The zero-order chi connectivity index (χ0) is 22.2. The molecule has 0 saturated carbocycles. The molecule has 162 valence electrons. The van der Waals surface area contributed by atoms with E-state index in [1.165, 1.54) is 6.07 Å². The van der Waals surface area contributed by atoms with Crippen LogP contribution >= 0.6 is 0 Å². The summed E-state index contributed by atoms with van der Waals surface area (Å²) in [6, 6.07) is 12.6. The summed E-state index contributed by atoms with van der Waals surface area (Å²) in [6.07, 6.45) is 4.03.